The number of hydrogen-bond donors (Lipinski definition) is 0. The van der Waals surface area contributed by atoms with E-state index in [4.69, 9.17) is 23.2 Å². The number of anilines is 1. The molecule has 0 fully saturated rings. The second kappa shape index (κ2) is 6.18. The average Bonchev–Trinajstić information content (AvgIpc) is 2.53. The summed E-state index contributed by atoms with van der Waals surface area (Å²) in [5.74, 6) is -0.0163. The number of non-ortho nitro benzene ring substituents is 1. The van der Waals surface area contributed by atoms with Gasteiger partial charge in [0.2, 0.25) is 5.91 Å². The Labute approximate surface area is 142 Å². The van der Waals surface area contributed by atoms with Crippen LogP contribution in [0, 0.1) is 10.1 Å². The number of amides is 1. The molecule has 23 heavy (non-hydrogen) atoms. The molecular formula is C16H12Cl2N2O3. The minimum Gasteiger partial charge on any atom is -0.308 e. The van der Waals surface area contributed by atoms with E-state index >= 15 is 0 Å². The summed E-state index contributed by atoms with van der Waals surface area (Å²) in [6.45, 7) is 0.348. The number of aryl methyl sites for hydroxylation is 1. The van der Waals surface area contributed by atoms with Crippen LogP contribution in [-0.2, 0) is 17.8 Å². The van der Waals surface area contributed by atoms with Crippen LogP contribution in [0.25, 0.3) is 0 Å². The van der Waals surface area contributed by atoms with Crippen molar-refractivity contribution in [2.45, 2.75) is 19.4 Å². The summed E-state index contributed by atoms with van der Waals surface area (Å²) in [7, 11) is 0. The Bertz CT molecular complexity index is 808. The van der Waals surface area contributed by atoms with Gasteiger partial charge in [-0.15, -0.1) is 0 Å². The monoisotopic (exact) mass is 350 g/mol. The fourth-order valence-electron chi connectivity index (χ4n) is 2.65. The van der Waals surface area contributed by atoms with Crippen LogP contribution in [0.2, 0.25) is 10.0 Å². The average molecular weight is 351 g/mol. The molecule has 0 N–H and O–H groups in total. The first kappa shape index (κ1) is 15.8. The highest BCUT2D eigenvalue weighted by atomic mass is 35.5. The van der Waals surface area contributed by atoms with Crippen molar-refractivity contribution in [2.24, 2.45) is 0 Å². The zero-order valence-corrected chi connectivity index (χ0v) is 13.5. The second-order valence-corrected chi connectivity index (χ2v) is 6.11. The third kappa shape index (κ3) is 3.16. The van der Waals surface area contributed by atoms with Crippen LogP contribution in [0.5, 0.6) is 0 Å². The SMILES string of the molecule is O=C1CCc2cc([N+](=O)[O-])ccc2N1Cc1ccc(Cl)c(Cl)c1. The van der Waals surface area contributed by atoms with Crippen molar-refractivity contribution in [3.05, 3.63) is 67.7 Å². The summed E-state index contributed by atoms with van der Waals surface area (Å²) < 4.78 is 0. The summed E-state index contributed by atoms with van der Waals surface area (Å²) in [6, 6.07) is 9.79. The lowest BCUT2D eigenvalue weighted by Gasteiger charge is -2.29. The van der Waals surface area contributed by atoms with E-state index in [1.54, 1.807) is 29.2 Å². The van der Waals surface area contributed by atoms with Crippen molar-refractivity contribution in [1.29, 1.82) is 0 Å². The number of rotatable bonds is 3. The first-order valence-corrected chi connectivity index (χ1v) is 7.73. The Morgan fingerprint density at radius 3 is 2.57 bits per heavy atom. The van der Waals surface area contributed by atoms with Gasteiger partial charge in [-0.25, -0.2) is 0 Å². The molecule has 3 rings (SSSR count). The normalized spacial score (nSPS) is 13.8. The fourth-order valence-corrected chi connectivity index (χ4v) is 2.97. The Kier molecular flexibility index (Phi) is 4.24. The molecule has 0 aromatic heterocycles. The molecule has 2 aromatic carbocycles. The molecule has 1 heterocycles. The number of hydrogen-bond acceptors (Lipinski definition) is 3. The number of carbonyl (C=O) groups excluding carboxylic acids is 1. The predicted molar refractivity (Wildman–Crippen MR) is 89.1 cm³/mol. The molecule has 1 aliphatic rings. The second-order valence-electron chi connectivity index (χ2n) is 5.30. The highest BCUT2D eigenvalue weighted by Crippen LogP contribution is 2.33. The smallest absolute Gasteiger partial charge is 0.269 e. The molecular weight excluding hydrogens is 339 g/mol. The van der Waals surface area contributed by atoms with E-state index in [1.165, 1.54) is 12.1 Å². The number of nitro benzene ring substituents is 1. The summed E-state index contributed by atoms with van der Waals surface area (Å²) in [4.78, 5) is 24.4. The van der Waals surface area contributed by atoms with Gasteiger partial charge in [0.05, 0.1) is 21.5 Å². The van der Waals surface area contributed by atoms with Gasteiger partial charge in [-0.2, -0.15) is 0 Å². The summed E-state index contributed by atoms with van der Waals surface area (Å²) in [6.07, 6.45) is 0.837. The minimum absolute atomic E-state index is 0.0163. The van der Waals surface area contributed by atoms with Crippen molar-refractivity contribution in [1.82, 2.24) is 0 Å². The van der Waals surface area contributed by atoms with Crippen LogP contribution in [-0.4, -0.2) is 10.8 Å². The highest BCUT2D eigenvalue weighted by molar-refractivity contribution is 6.42. The third-order valence-corrected chi connectivity index (χ3v) is 4.54. The van der Waals surface area contributed by atoms with E-state index in [0.717, 1.165) is 11.1 Å². The van der Waals surface area contributed by atoms with Gasteiger partial charge < -0.3 is 4.90 Å². The lowest BCUT2D eigenvalue weighted by Crippen LogP contribution is -2.34. The van der Waals surface area contributed by atoms with E-state index in [0.29, 0.717) is 35.1 Å². The van der Waals surface area contributed by atoms with E-state index in [2.05, 4.69) is 0 Å². The number of fused-ring (bicyclic) bond motifs is 1. The van der Waals surface area contributed by atoms with Gasteiger partial charge in [-0.3, -0.25) is 14.9 Å². The predicted octanol–water partition coefficient (Wildman–Crippen LogP) is 4.38. The number of carbonyl (C=O) groups is 1. The van der Waals surface area contributed by atoms with E-state index < -0.39 is 4.92 Å². The van der Waals surface area contributed by atoms with E-state index in [1.807, 2.05) is 0 Å². The lowest BCUT2D eigenvalue weighted by atomic mass is 9.99. The third-order valence-electron chi connectivity index (χ3n) is 3.80. The zero-order chi connectivity index (χ0) is 16.6. The maximum absolute atomic E-state index is 12.3. The number of nitro groups is 1. The largest absolute Gasteiger partial charge is 0.308 e. The molecule has 1 amide bonds. The van der Waals surface area contributed by atoms with Crippen LogP contribution < -0.4 is 4.90 Å². The molecule has 118 valence electrons. The summed E-state index contributed by atoms with van der Waals surface area (Å²) in [5.41, 5.74) is 2.39. The molecule has 0 saturated heterocycles. The quantitative estimate of drug-likeness (QED) is 0.609. The van der Waals surface area contributed by atoms with Gasteiger partial charge in [-0.1, -0.05) is 29.3 Å². The Morgan fingerprint density at radius 2 is 1.87 bits per heavy atom. The molecule has 2 aromatic rings. The van der Waals surface area contributed by atoms with Crippen molar-refractivity contribution in [3.63, 3.8) is 0 Å². The van der Waals surface area contributed by atoms with Crippen LogP contribution in [0.1, 0.15) is 17.5 Å². The topological polar surface area (TPSA) is 63.4 Å². The molecule has 0 radical (unpaired) electrons. The zero-order valence-electron chi connectivity index (χ0n) is 12.0. The van der Waals surface area contributed by atoms with Gasteiger partial charge in [-0.05, 0) is 35.7 Å². The summed E-state index contributed by atoms with van der Waals surface area (Å²) in [5, 5.41) is 11.8. The van der Waals surface area contributed by atoms with E-state index in [9.17, 15) is 14.9 Å². The Balaban J connectivity index is 1.95. The van der Waals surface area contributed by atoms with Gasteiger partial charge in [0.15, 0.2) is 0 Å². The minimum atomic E-state index is -0.431. The molecule has 0 unspecified atom stereocenters. The fraction of sp³-hybridized carbons (Fsp3) is 0.188. The maximum Gasteiger partial charge on any atom is 0.269 e. The first-order valence-electron chi connectivity index (χ1n) is 6.97. The van der Waals surface area contributed by atoms with Crippen LogP contribution >= 0.6 is 23.2 Å². The van der Waals surface area contributed by atoms with Crippen LogP contribution in [0.3, 0.4) is 0 Å². The number of halogens is 2. The highest BCUT2D eigenvalue weighted by Gasteiger charge is 2.26. The van der Waals surface area contributed by atoms with Gasteiger partial charge in [0, 0.05) is 24.2 Å². The first-order chi connectivity index (χ1) is 11.0. The number of benzene rings is 2. The van der Waals surface area contributed by atoms with Crippen molar-refractivity contribution in [2.75, 3.05) is 4.90 Å². The molecule has 0 spiro atoms. The van der Waals surface area contributed by atoms with Crippen LogP contribution in [0.15, 0.2) is 36.4 Å². The van der Waals surface area contributed by atoms with Crippen molar-refractivity contribution in [3.8, 4) is 0 Å². The molecule has 0 bridgehead atoms. The molecule has 1 aliphatic heterocycles. The molecule has 0 atom stereocenters. The standard InChI is InChI=1S/C16H12Cl2N2O3/c17-13-4-1-10(7-14(13)18)9-19-15-5-3-12(20(22)23)8-11(15)2-6-16(19)21/h1,3-5,7-8H,2,6,9H2. The van der Waals surface area contributed by atoms with E-state index in [-0.39, 0.29) is 11.6 Å². The van der Waals surface area contributed by atoms with Gasteiger partial charge in [0.25, 0.3) is 5.69 Å². The molecule has 0 saturated carbocycles. The van der Waals surface area contributed by atoms with Gasteiger partial charge >= 0.3 is 0 Å². The van der Waals surface area contributed by atoms with Crippen molar-refractivity contribution >= 4 is 40.5 Å². The van der Waals surface area contributed by atoms with Crippen molar-refractivity contribution < 1.29 is 9.72 Å². The molecule has 0 aliphatic carbocycles. The number of nitrogens with zero attached hydrogens (tertiary/aromatic N) is 2. The lowest BCUT2D eigenvalue weighted by molar-refractivity contribution is -0.384. The summed E-state index contributed by atoms with van der Waals surface area (Å²) >= 11 is 11.9. The Hall–Kier alpha value is -2.11. The molecule has 7 heteroatoms. The Morgan fingerprint density at radius 1 is 1.09 bits per heavy atom. The maximum atomic E-state index is 12.3. The van der Waals surface area contributed by atoms with Crippen LogP contribution in [0.4, 0.5) is 11.4 Å². The van der Waals surface area contributed by atoms with Gasteiger partial charge in [0.1, 0.15) is 0 Å². The molecule has 5 nitrogen and oxygen atoms in total.